The van der Waals surface area contributed by atoms with Crippen molar-refractivity contribution in [3.63, 3.8) is 0 Å². The number of fused-ring (bicyclic) bond motifs is 1. The summed E-state index contributed by atoms with van der Waals surface area (Å²) in [6, 6.07) is 6.07. The van der Waals surface area contributed by atoms with E-state index in [1.807, 2.05) is 19.1 Å². The van der Waals surface area contributed by atoms with Gasteiger partial charge in [-0.3, -0.25) is 19.3 Å². The van der Waals surface area contributed by atoms with Crippen molar-refractivity contribution in [2.45, 2.75) is 26.3 Å². The second-order valence-electron chi connectivity index (χ2n) is 6.83. The second kappa shape index (κ2) is 10.1. The molecule has 7 nitrogen and oxygen atoms in total. The van der Waals surface area contributed by atoms with Crippen molar-refractivity contribution in [1.82, 2.24) is 4.90 Å². The van der Waals surface area contributed by atoms with Crippen LogP contribution in [0, 0.1) is 0 Å². The van der Waals surface area contributed by atoms with Crippen LogP contribution in [0.3, 0.4) is 0 Å². The van der Waals surface area contributed by atoms with Crippen LogP contribution in [0.1, 0.15) is 40.1 Å². The molecule has 3 amide bonds. The van der Waals surface area contributed by atoms with Gasteiger partial charge >= 0.3 is 5.97 Å². The van der Waals surface area contributed by atoms with Gasteiger partial charge in [-0.05, 0) is 88.7 Å². The average molecular weight is 696 g/mol. The molecule has 1 N–H and O–H groups in total. The zero-order valence-corrected chi connectivity index (χ0v) is 23.1. The standard InChI is InChI=1S/C21H16Br4N2O5/c1-3-10-6-4-5-7-11(10)26-12(28)8-32-21(31)9(2)27-19(29)13-14(20(27)30)16(23)18(25)17(24)15(13)22/h4-7,9H,3,8H2,1-2H3,(H,26,28). The van der Waals surface area contributed by atoms with Gasteiger partial charge in [0, 0.05) is 23.6 Å². The number of halogens is 4. The molecule has 168 valence electrons. The number of ether oxygens (including phenoxy) is 1. The normalized spacial score (nSPS) is 13.8. The lowest BCUT2D eigenvalue weighted by molar-refractivity contribution is -0.150. The number of rotatable bonds is 6. The third-order valence-corrected chi connectivity index (χ3v) is 9.65. The minimum absolute atomic E-state index is 0.130. The Labute approximate surface area is 217 Å². The van der Waals surface area contributed by atoms with E-state index < -0.39 is 36.3 Å². The number of carbonyl (C=O) groups excluding carboxylic acids is 4. The lowest BCUT2D eigenvalue weighted by Crippen LogP contribution is -2.44. The van der Waals surface area contributed by atoms with Crippen molar-refractivity contribution in [2.24, 2.45) is 0 Å². The maximum Gasteiger partial charge on any atom is 0.329 e. The highest BCUT2D eigenvalue weighted by atomic mass is 79.9. The molecule has 0 radical (unpaired) electrons. The van der Waals surface area contributed by atoms with Crippen LogP contribution in [0.15, 0.2) is 42.2 Å². The molecule has 2 aromatic carbocycles. The molecule has 1 aliphatic heterocycles. The van der Waals surface area contributed by atoms with Gasteiger partial charge in [0.05, 0.1) is 11.1 Å². The summed E-state index contributed by atoms with van der Waals surface area (Å²) in [6.07, 6.45) is 0.727. The van der Waals surface area contributed by atoms with Crippen LogP contribution in [-0.4, -0.2) is 41.2 Å². The summed E-state index contributed by atoms with van der Waals surface area (Å²) < 4.78 is 6.96. The molecule has 0 saturated heterocycles. The monoisotopic (exact) mass is 692 g/mol. The maximum atomic E-state index is 13.0. The Bertz CT molecular complexity index is 1100. The van der Waals surface area contributed by atoms with Gasteiger partial charge in [0.1, 0.15) is 6.04 Å². The van der Waals surface area contributed by atoms with Crippen LogP contribution in [-0.2, 0) is 20.7 Å². The Morgan fingerprint density at radius 1 is 0.969 bits per heavy atom. The van der Waals surface area contributed by atoms with E-state index in [4.69, 9.17) is 4.74 Å². The number of carbonyl (C=O) groups is 4. The zero-order valence-electron chi connectivity index (χ0n) is 16.8. The number of esters is 1. The highest BCUT2D eigenvalue weighted by Gasteiger charge is 2.45. The molecule has 0 saturated carbocycles. The van der Waals surface area contributed by atoms with E-state index in [2.05, 4.69) is 69.0 Å². The lowest BCUT2D eigenvalue weighted by Gasteiger charge is -2.21. The molecule has 2 aromatic rings. The fourth-order valence-corrected chi connectivity index (χ4v) is 5.68. The van der Waals surface area contributed by atoms with E-state index in [0.29, 0.717) is 23.6 Å². The molecule has 1 aliphatic rings. The van der Waals surface area contributed by atoms with Crippen LogP contribution < -0.4 is 5.32 Å². The molecule has 1 heterocycles. The largest absolute Gasteiger partial charge is 0.454 e. The Hall–Kier alpha value is -1.56. The molecule has 0 aromatic heterocycles. The van der Waals surface area contributed by atoms with Gasteiger partial charge in [-0.15, -0.1) is 0 Å². The third-order valence-electron chi connectivity index (χ3n) is 4.88. The van der Waals surface area contributed by atoms with Gasteiger partial charge in [-0.1, -0.05) is 25.1 Å². The van der Waals surface area contributed by atoms with Crippen molar-refractivity contribution < 1.29 is 23.9 Å². The summed E-state index contributed by atoms with van der Waals surface area (Å²) in [6.45, 7) is 2.79. The van der Waals surface area contributed by atoms with Crippen LogP contribution >= 0.6 is 63.7 Å². The molecule has 1 unspecified atom stereocenters. The van der Waals surface area contributed by atoms with Crippen molar-refractivity contribution >= 4 is 93.1 Å². The van der Waals surface area contributed by atoms with Crippen LogP contribution in [0.4, 0.5) is 5.69 Å². The minimum Gasteiger partial charge on any atom is -0.454 e. The van der Waals surface area contributed by atoms with Gasteiger partial charge in [0.2, 0.25) is 0 Å². The zero-order chi connectivity index (χ0) is 23.7. The number of para-hydroxylation sites is 1. The summed E-state index contributed by atoms with van der Waals surface area (Å²) >= 11 is 13.4. The number of imide groups is 1. The molecule has 32 heavy (non-hydrogen) atoms. The Morgan fingerprint density at radius 3 is 2.03 bits per heavy atom. The molecular formula is C21H16Br4N2O5. The predicted molar refractivity (Wildman–Crippen MR) is 133 cm³/mol. The fraction of sp³-hybridized carbons (Fsp3) is 0.238. The highest BCUT2D eigenvalue weighted by molar-refractivity contribution is 9.15. The van der Waals surface area contributed by atoms with Crippen LogP contribution in [0.5, 0.6) is 0 Å². The first-order valence-electron chi connectivity index (χ1n) is 9.38. The molecule has 0 fully saturated rings. The van der Waals surface area contributed by atoms with E-state index in [-0.39, 0.29) is 11.1 Å². The lowest BCUT2D eigenvalue weighted by atomic mass is 10.1. The Balaban J connectivity index is 1.72. The van der Waals surface area contributed by atoms with Gasteiger partial charge in [-0.2, -0.15) is 0 Å². The predicted octanol–water partition coefficient (Wildman–Crippen LogP) is 5.47. The number of nitrogens with one attached hydrogen (secondary N) is 1. The third kappa shape index (κ3) is 4.57. The van der Waals surface area contributed by atoms with Crippen LogP contribution in [0.25, 0.3) is 0 Å². The van der Waals surface area contributed by atoms with Gasteiger partial charge in [-0.25, -0.2) is 4.79 Å². The molecule has 0 aliphatic carbocycles. The van der Waals surface area contributed by atoms with E-state index >= 15 is 0 Å². The molecule has 11 heteroatoms. The summed E-state index contributed by atoms with van der Waals surface area (Å²) in [5.74, 6) is -2.68. The van der Waals surface area contributed by atoms with Crippen molar-refractivity contribution in [3.8, 4) is 0 Å². The Morgan fingerprint density at radius 2 is 1.50 bits per heavy atom. The van der Waals surface area contributed by atoms with E-state index in [9.17, 15) is 19.2 Å². The number of hydrogen-bond acceptors (Lipinski definition) is 5. The average Bonchev–Trinajstić information content (AvgIpc) is 3.04. The molecule has 0 bridgehead atoms. The number of anilines is 1. The second-order valence-corrected chi connectivity index (χ2v) is 10.0. The van der Waals surface area contributed by atoms with Crippen molar-refractivity contribution in [3.05, 3.63) is 58.8 Å². The van der Waals surface area contributed by atoms with Crippen molar-refractivity contribution in [2.75, 3.05) is 11.9 Å². The summed E-state index contributed by atoms with van der Waals surface area (Å²) in [7, 11) is 0. The molecular weight excluding hydrogens is 680 g/mol. The molecule has 1 atom stereocenters. The number of hydrogen-bond donors (Lipinski definition) is 1. The summed E-state index contributed by atoms with van der Waals surface area (Å²) in [5, 5.41) is 2.70. The van der Waals surface area contributed by atoms with E-state index in [1.165, 1.54) is 6.92 Å². The van der Waals surface area contributed by atoms with Gasteiger partial charge in [0.25, 0.3) is 17.7 Å². The highest BCUT2D eigenvalue weighted by Crippen LogP contribution is 2.45. The number of nitrogens with zero attached hydrogens (tertiary/aromatic N) is 1. The SMILES string of the molecule is CCc1ccccc1NC(=O)COC(=O)C(C)N1C(=O)c2c(Br)c(Br)c(Br)c(Br)c2C1=O. The number of benzene rings is 2. The number of aryl methyl sites for hydroxylation is 1. The van der Waals surface area contributed by atoms with Gasteiger partial charge < -0.3 is 10.1 Å². The van der Waals surface area contributed by atoms with Crippen LogP contribution in [0.2, 0.25) is 0 Å². The molecule has 3 rings (SSSR count). The van der Waals surface area contributed by atoms with E-state index in [1.54, 1.807) is 12.1 Å². The quantitative estimate of drug-likeness (QED) is 0.188. The summed E-state index contributed by atoms with van der Waals surface area (Å²) in [4.78, 5) is 51.6. The number of amides is 3. The molecule has 0 spiro atoms. The maximum absolute atomic E-state index is 13.0. The first-order valence-corrected chi connectivity index (χ1v) is 12.6. The topological polar surface area (TPSA) is 92.8 Å². The first-order chi connectivity index (χ1) is 15.1. The van der Waals surface area contributed by atoms with Gasteiger partial charge in [0.15, 0.2) is 6.61 Å². The first kappa shape index (κ1) is 25.1. The van der Waals surface area contributed by atoms with Crippen molar-refractivity contribution in [1.29, 1.82) is 0 Å². The smallest absolute Gasteiger partial charge is 0.329 e. The Kier molecular flexibility index (Phi) is 7.95. The fourth-order valence-electron chi connectivity index (χ4n) is 3.22. The summed E-state index contributed by atoms with van der Waals surface area (Å²) in [5.41, 5.74) is 1.84. The van der Waals surface area contributed by atoms with E-state index in [0.717, 1.165) is 16.9 Å². The minimum atomic E-state index is -1.23.